The summed E-state index contributed by atoms with van der Waals surface area (Å²) in [5.41, 5.74) is 0. The fourth-order valence-electron chi connectivity index (χ4n) is 1.22. The molecule has 0 radical (unpaired) electrons. The zero-order valence-electron chi connectivity index (χ0n) is 7.64. The van der Waals surface area contributed by atoms with Crippen molar-refractivity contribution >= 4 is 11.3 Å². The number of aliphatic hydroxyl groups excluding tert-OH is 1. The first-order valence-corrected chi connectivity index (χ1v) is 5.27. The van der Waals surface area contributed by atoms with Gasteiger partial charge in [-0.1, -0.05) is 0 Å². The molecule has 74 valence electrons. The SMILES string of the molecule is OCCc1cnc(Cc2ccco2)s1. The van der Waals surface area contributed by atoms with Crippen molar-refractivity contribution in [1.82, 2.24) is 4.98 Å². The molecule has 0 unspecified atom stereocenters. The minimum atomic E-state index is 0.183. The second kappa shape index (κ2) is 4.39. The van der Waals surface area contributed by atoms with Crippen LogP contribution in [-0.4, -0.2) is 16.7 Å². The molecule has 14 heavy (non-hydrogen) atoms. The lowest BCUT2D eigenvalue weighted by atomic mass is 10.3. The Balaban J connectivity index is 2.03. The molecule has 2 aromatic rings. The van der Waals surface area contributed by atoms with E-state index in [4.69, 9.17) is 9.52 Å². The third-order valence-corrected chi connectivity index (χ3v) is 2.92. The molecule has 0 spiro atoms. The summed E-state index contributed by atoms with van der Waals surface area (Å²) in [5.74, 6) is 0.926. The lowest BCUT2D eigenvalue weighted by Crippen LogP contribution is -1.84. The van der Waals surface area contributed by atoms with Crippen LogP contribution in [0.5, 0.6) is 0 Å². The number of rotatable bonds is 4. The smallest absolute Gasteiger partial charge is 0.110 e. The van der Waals surface area contributed by atoms with Gasteiger partial charge in [-0.25, -0.2) is 4.98 Å². The van der Waals surface area contributed by atoms with Crippen LogP contribution in [0, 0.1) is 0 Å². The zero-order valence-corrected chi connectivity index (χ0v) is 8.46. The van der Waals surface area contributed by atoms with Gasteiger partial charge in [-0.15, -0.1) is 11.3 Å². The van der Waals surface area contributed by atoms with Gasteiger partial charge in [-0.3, -0.25) is 0 Å². The molecule has 0 bridgehead atoms. The van der Waals surface area contributed by atoms with Crippen LogP contribution >= 0.6 is 11.3 Å². The Morgan fingerprint density at radius 2 is 2.43 bits per heavy atom. The fourth-order valence-corrected chi connectivity index (χ4v) is 2.14. The van der Waals surface area contributed by atoms with Gasteiger partial charge in [0.1, 0.15) is 10.8 Å². The van der Waals surface area contributed by atoms with Gasteiger partial charge < -0.3 is 9.52 Å². The number of hydrogen-bond acceptors (Lipinski definition) is 4. The van der Waals surface area contributed by atoms with Crippen LogP contribution in [0.25, 0.3) is 0 Å². The maximum absolute atomic E-state index is 8.75. The van der Waals surface area contributed by atoms with Crippen LogP contribution in [0.15, 0.2) is 29.0 Å². The van der Waals surface area contributed by atoms with Gasteiger partial charge in [-0.05, 0) is 12.1 Å². The van der Waals surface area contributed by atoms with Crippen molar-refractivity contribution in [2.45, 2.75) is 12.8 Å². The molecular weight excluding hydrogens is 198 g/mol. The van der Waals surface area contributed by atoms with Crippen LogP contribution in [0.3, 0.4) is 0 Å². The molecule has 0 fully saturated rings. The summed E-state index contributed by atoms with van der Waals surface area (Å²) >= 11 is 1.62. The van der Waals surface area contributed by atoms with Crippen LogP contribution < -0.4 is 0 Å². The molecule has 0 aliphatic carbocycles. The van der Waals surface area contributed by atoms with Crippen molar-refractivity contribution < 1.29 is 9.52 Å². The summed E-state index contributed by atoms with van der Waals surface area (Å²) in [7, 11) is 0. The van der Waals surface area contributed by atoms with Crippen LogP contribution in [0.4, 0.5) is 0 Å². The molecule has 0 saturated heterocycles. The predicted octanol–water partition coefficient (Wildman–Crippen LogP) is 1.86. The summed E-state index contributed by atoms with van der Waals surface area (Å²) in [4.78, 5) is 5.38. The maximum atomic E-state index is 8.75. The highest BCUT2D eigenvalue weighted by Gasteiger charge is 2.04. The van der Waals surface area contributed by atoms with Gasteiger partial charge in [0.2, 0.25) is 0 Å². The molecule has 2 rings (SSSR count). The molecule has 2 heterocycles. The summed E-state index contributed by atoms with van der Waals surface area (Å²) in [5, 5.41) is 9.78. The molecule has 0 aliphatic heterocycles. The topological polar surface area (TPSA) is 46.3 Å². The largest absolute Gasteiger partial charge is 0.469 e. The van der Waals surface area contributed by atoms with E-state index in [0.717, 1.165) is 22.1 Å². The molecule has 0 aliphatic rings. The molecule has 2 aromatic heterocycles. The van der Waals surface area contributed by atoms with E-state index < -0.39 is 0 Å². The first kappa shape index (κ1) is 9.43. The highest BCUT2D eigenvalue weighted by molar-refractivity contribution is 7.11. The molecule has 3 nitrogen and oxygen atoms in total. The predicted molar refractivity (Wildman–Crippen MR) is 54.4 cm³/mol. The van der Waals surface area contributed by atoms with E-state index in [1.54, 1.807) is 17.6 Å². The van der Waals surface area contributed by atoms with Gasteiger partial charge in [0, 0.05) is 24.1 Å². The lowest BCUT2D eigenvalue weighted by molar-refractivity contribution is 0.300. The number of aromatic nitrogens is 1. The fraction of sp³-hybridized carbons (Fsp3) is 0.300. The summed E-state index contributed by atoms with van der Waals surface area (Å²) < 4.78 is 5.22. The summed E-state index contributed by atoms with van der Waals surface area (Å²) in [6.07, 6.45) is 4.91. The Hall–Kier alpha value is -1.13. The average molecular weight is 209 g/mol. The molecule has 1 N–H and O–H groups in total. The highest BCUT2D eigenvalue weighted by Crippen LogP contribution is 2.17. The maximum Gasteiger partial charge on any atom is 0.110 e. The summed E-state index contributed by atoms with van der Waals surface area (Å²) in [6.45, 7) is 0.183. The number of thiazole rings is 1. The molecule has 0 atom stereocenters. The first-order valence-electron chi connectivity index (χ1n) is 4.45. The van der Waals surface area contributed by atoms with Crippen LogP contribution in [-0.2, 0) is 12.8 Å². The van der Waals surface area contributed by atoms with E-state index in [-0.39, 0.29) is 6.61 Å². The summed E-state index contributed by atoms with van der Waals surface area (Å²) in [6, 6.07) is 3.81. The number of nitrogens with zero attached hydrogens (tertiary/aromatic N) is 1. The highest BCUT2D eigenvalue weighted by atomic mass is 32.1. The van der Waals surface area contributed by atoms with Crippen molar-refractivity contribution in [3.8, 4) is 0 Å². The molecular formula is C10H11NO2S. The van der Waals surface area contributed by atoms with Crippen molar-refractivity contribution in [3.63, 3.8) is 0 Å². The lowest BCUT2D eigenvalue weighted by Gasteiger charge is -1.90. The van der Waals surface area contributed by atoms with Gasteiger partial charge in [0.05, 0.1) is 12.7 Å². The van der Waals surface area contributed by atoms with Crippen LogP contribution in [0.2, 0.25) is 0 Å². The minimum absolute atomic E-state index is 0.183. The monoisotopic (exact) mass is 209 g/mol. The second-order valence-corrected chi connectivity index (χ2v) is 4.15. The minimum Gasteiger partial charge on any atom is -0.469 e. The van der Waals surface area contributed by atoms with Crippen molar-refractivity contribution in [1.29, 1.82) is 0 Å². The van der Waals surface area contributed by atoms with Crippen molar-refractivity contribution in [3.05, 3.63) is 40.2 Å². The molecule has 0 amide bonds. The van der Waals surface area contributed by atoms with Crippen molar-refractivity contribution in [2.24, 2.45) is 0 Å². The molecule has 0 aromatic carbocycles. The Labute approximate surface area is 86.0 Å². The van der Waals surface area contributed by atoms with Gasteiger partial charge in [0.15, 0.2) is 0 Å². The van der Waals surface area contributed by atoms with E-state index in [1.807, 2.05) is 18.3 Å². The normalized spacial score (nSPS) is 10.6. The quantitative estimate of drug-likeness (QED) is 0.836. The molecule has 4 heteroatoms. The van der Waals surface area contributed by atoms with E-state index in [9.17, 15) is 0 Å². The van der Waals surface area contributed by atoms with Gasteiger partial charge in [-0.2, -0.15) is 0 Å². The van der Waals surface area contributed by atoms with Gasteiger partial charge in [0.25, 0.3) is 0 Å². The number of hydrogen-bond donors (Lipinski definition) is 1. The zero-order chi connectivity index (χ0) is 9.80. The van der Waals surface area contributed by atoms with E-state index in [0.29, 0.717) is 6.42 Å². The van der Waals surface area contributed by atoms with E-state index in [1.165, 1.54) is 0 Å². The van der Waals surface area contributed by atoms with Crippen LogP contribution in [0.1, 0.15) is 15.6 Å². The number of aliphatic hydroxyl groups is 1. The Morgan fingerprint density at radius 1 is 1.50 bits per heavy atom. The number of furan rings is 1. The Morgan fingerprint density at radius 3 is 3.14 bits per heavy atom. The first-order chi connectivity index (χ1) is 6.88. The third kappa shape index (κ3) is 2.21. The Bertz CT molecular complexity index is 380. The molecule has 0 saturated carbocycles. The van der Waals surface area contributed by atoms with Gasteiger partial charge >= 0.3 is 0 Å². The van der Waals surface area contributed by atoms with Crippen molar-refractivity contribution in [2.75, 3.05) is 6.61 Å². The second-order valence-electron chi connectivity index (χ2n) is 2.95. The van der Waals surface area contributed by atoms with E-state index >= 15 is 0 Å². The third-order valence-electron chi connectivity index (χ3n) is 1.87. The Kier molecular flexibility index (Phi) is 2.96. The average Bonchev–Trinajstić information content (AvgIpc) is 2.79. The van der Waals surface area contributed by atoms with E-state index in [2.05, 4.69) is 4.98 Å². The standard InChI is InChI=1S/C10H11NO2S/c12-4-3-9-7-11-10(14-9)6-8-2-1-5-13-8/h1-2,5,7,12H,3-4,6H2.